The molecule has 0 unspecified atom stereocenters. The van der Waals surface area contributed by atoms with E-state index >= 15 is 0 Å². The number of nitrogens with one attached hydrogen (secondary N) is 1. The molecule has 0 bridgehead atoms. The van der Waals surface area contributed by atoms with Crippen molar-refractivity contribution in [3.63, 3.8) is 0 Å². The van der Waals surface area contributed by atoms with E-state index in [-0.39, 0.29) is 12.5 Å². The summed E-state index contributed by atoms with van der Waals surface area (Å²) in [6, 6.07) is 17.6. The maximum Gasteiger partial charge on any atom is 0.254 e. The first-order valence-corrected chi connectivity index (χ1v) is 9.37. The lowest BCUT2D eigenvalue weighted by Crippen LogP contribution is -2.07. The largest absolute Gasteiger partial charge is 0.484 e. The van der Waals surface area contributed by atoms with Gasteiger partial charge < -0.3 is 18.9 Å². The molecule has 0 spiro atoms. The van der Waals surface area contributed by atoms with Crippen LogP contribution in [0.1, 0.15) is 11.7 Å². The van der Waals surface area contributed by atoms with E-state index < -0.39 is 0 Å². The minimum Gasteiger partial charge on any atom is -0.484 e. The molecule has 1 N–H and O–H groups in total. The lowest BCUT2D eigenvalue weighted by Gasteiger charge is -2.05. The lowest BCUT2D eigenvalue weighted by atomic mass is 10.2. The number of aromatic nitrogens is 2. The molecule has 0 radical (unpaired) electrons. The van der Waals surface area contributed by atoms with Gasteiger partial charge in [-0.05, 0) is 66.7 Å². The predicted molar refractivity (Wildman–Crippen MR) is 112 cm³/mol. The van der Waals surface area contributed by atoms with Crippen molar-refractivity contribution >= 4 is 29.3 Å². The van der Waals surface area contributed by atoms with Gasteiger partial charge in [-0.1, -0.05) is 11.6 Å². The van der Waals surface area contributed by atoms with Crippen LogP contribution in [0.3, 0.4) is 0 Å². The number of halogens is 1. The van der Waals surface area contributed by atoms with Gasteiger partial charge in [0.05, 0.1) is 6.26 Å². The van der Waals surface area contributed by atoms with Crippen molar-refractivity contribution in [1.82, 2.24) is 10.2 Å². The molecular weight excluding hydrogens is 406 g/mol. The van der Waals surface area contributed by atoms with Crippen molar-refractivity contribution in [2.45, 2.75) is 6.61 Å². The lowest BCUT2D eigenvalue weighted by molar-refractivity contribution is -0.111. The van der Waals surface area contributed by atoms with Crippen LogP contribution in [-0.2, 0) is 11.4 Å². The van der Waals surface area contributed by atoms with E-state index in [2.05, 4.69) is 15.5 Å². The maximum absolute atomic E-state index is 11.9. The van der Waals surface area contributed by atoms with Crippen molar-refractivity contribution in [2.75, 3.05) is 5.32 Å². The minimum atomic E-state index is -0.263. The molecule has 2 aromatic carbocycles. The Morgan fingerprint density at radius 3 is 2.60 bits per heavy atom. The van der Waals surface area contributed by atoms with Gasteiger partial charge in [0.25, 0.3) is 5.89 Å². The van der Waals surface area contributed by atoms with Gasteiger partial charge in [0.2, 0.25) is 11.8 Å². The number of amides is 1. The first kappa shape index (κ1) is 19.5. The van der Waals surface area contributed by atoms with Crippen molar-refractivity contribution < 1.29 is 18.4 Å². The summed E-state index contributed by atoms with van der Waals surface area (Å²) in [5, 5.41) is 11.4. The second-order valence-corrected chi connectivity index (χ2v) is 6.60. The van der Waals surface area contributed by atoms with Crippen LogP contribution >= 0.6 is 11.6 Å². The van der Waals surface area contributed by atoms with Crippen molar-refractivity contribution in [3.05, 3.63) is 89.7 Å². The van der Waals surface area contributed by atoms with E-state index in [1.54, 1.807) is 73.0 Å². The standard InChI is InChI=1S/C22H16ClN3O4/c23-16-5-3-15(4-6-16)22-26-25-21(30-22)14-29-19-9-7-17(8-10-19)24-20(27)12-11-18-2-1-13-28-18/h1-13H,14H2,(H,24,27). The number of anilines is 1. The summed E-state index contributed by atoms with van der Waals surface area (Å²) in [4.78, 5) is 11.9. The average Bonchev–Trinajstić information content (AvgIpc) is 3.45. The van der Waals surface area contributed by atoms with Crippen LogP contribution in [0.4, 0.5) is 5.69 Å². The molecule has 8 heteroatoms. The van der Waals surface area contributed by atoms with Gasteiger partial charge in [-0.2, -0.15) is 0 Å². The summed E-state index contributed by atoms with van der Waals surface area (Å²) in [5.41, 5.74) is 1.42. The third kappa shape index (κ3) is 5.15. The van der Waals surface area contributed by atoms with Crippen LogP contribution in [0.25, 0.3) is 17.5 Å². The fourth-order valence-electron chi connectivity index (χ4n) is 2.53. The zero-order valence-corrected chi connectivity index (χ0v) is 16.4. The van der Waals surface area contributed by atoms with Crippen LogP contribution in [0.2, 0.25) is 5.02 Å². The Morgan fingerprint density at radius 2 is 1.87 bits per heavy atom. The average molecular weight is 422 g/mol. The molecule has 0 atom stereocenters. The number of ether oxygens (including phenoxy) is 1. The maximum atomic E-state index is 11.9. The first-order chi connectivity index (χ1) is 14.7. The molecule has 4 aromatic rings. The summed E-state index contributed by atoms with van der Waals surface area (Å²) in [7, 11) is 0. The van der Waals surface area contributed by atoms with Gasteiger partial charge in [-0.15, -0.1) is 10.2 Å². The van der Waals surface area contributed by atoms with Crippen LogP contribution in [0.5, 0.6) is 5.75 Å². The molecule has 1 amide bonds. The second kappa shape index (κ2) is 9.11. The number of benzene rings is 2. The molecule has 0 saturated carbocycles. The van der Waals surface area contributed by atoms with Crippen LogP contribution in [-0.4, -0.2) is 16.1 Å². The number of carbonyl (C=O) groups is 1. The number of hydrogen-bond donors (Lipinski definition) is 1. The number of rotatable bonds is 7. The van der Waals surface area contributed by atoms with E-state index in [0.29, 0.717) is 34.0 Å². The minimum absolute atomic E-state index is 0.123. The molecule has 150 valence electrons. The highest BCUT2D eigenvalue weighted by molar-refractivity contribution is 6.30. The Bertz CT molecular complexity index is 1130. The molecule has 0 aliphatic rings. The number of furan rings is 1. The molecule has 0 saturated heterocycles. The zero-order chi connectivity index (χ0) is 20.8. The molecule has 0 fully saturated rings. The number of nitrogens with zero attached hydrogens (tertiary/aromatic N) is 2. The molecule has 4 rings (SSSR count). The fraction of sp³-hybridized carbons (Fsp3) is 0.0455. The second-order valence-electron chi connectivity index (χ2n) is 6.16. The van der Waals surface area contributed by atoms with Crippen molar-refractivity contribution in [2.24, 2.45) is 0 Å². The quantitative estimate of drug-likeness (QED) is 0.412. The van der Waals surface area contributed by atoms with E-state index in [4.69, 9.17) is 25.2 Å². The van der Waals surface area contributed by atoms with Crippen LogP contribution in [0.15, 0.2) is 81.8 Å². The highest BCUT2D eigenvalue weighted by Gasteiger charge is 2.09. The van der Waals surface area contributed by atoms with E-state index in [9.17, 15) is 4.79 Å². The fourth-order valence-corrected chi connectivity index (χ4v) is 2.65. The molecule has 2 heterocycles. The summed E-state index contributed by atoms with van der Waals surface area (Å²) in [6.45, 7) is 0.123. The van der Waals surface area contributed by atoms with Gasteiger partial charge in [0, 0.05) is 22.3 Å². The van der Waals surface area contributed by atoms with Crippen molar-refractivity contribution in [1.29, 1.82) is 0 Å². The number of carbonyl (C=O) groups excluding carboxylic acids is 1. The van der Waals surface area contributed by atoms with E-state index in [1.807, 2.05) is 0 Å². The zero-order valence-electron chi connectivity index (χ0n) is 15.6. The molecule has 0 aliphatic heterocycles. The van der Waals surface area contributed by atoms with Crippen LogP contribution in [0, 0.1) is 0 Å². The topological polar surface area (TPSA) is 90.4 Å². The van der Waals surface area contributed by atoms with Gasteiger partial charge in [-0.3, -0.25) is 4.79 Å². The molecule has 30 heavy (non-hydrogen) atoms. The Morgan fingerprint density at radius 1 is 1.07 bits per heavy atom. The van der Waals surface area contributed by atoms with Gasteiger partial charge in [0.15, 0.2) is 6.61 Å². The van der Waals surface area contributed by atoms with E-state index in [0.717, 1.165) is 5.56 Å². The Labute approximate surface area is 176 Å². The van der Waals surface area contributed by atoms with Crippen LogP contribution < -0.4 is 10.1 Å². The predicted octanol–water partition coefficient (Wildman–Crippen LogP) is 5.21. The summed E-state index contributed by atoms with van der Waals surface area (Å²) in [5.74, 6) is 1.69. The Balaban J connectivity index is 1.29. The SMILES string of the molecule is O=C(C=Cc1ccco1)Nc1ccc(OCc2nnc(-c3ccc(Cl)cc3)o2)cc1. The third-order valence-corrected chi connectivity index (χ3v) is 4.24. The monoisotopic (exact) mass is 421 g/mol. The summed E-state index contributed by atoms with van der Waals surface area (Å²) < 4.78 is 16.4. The molecule has 0 aliphatic carbocycles. The third-order valence-electron chi connectivity index (χ3n) is 3.98. The normalized spacial score (nSPS) is 11.0. The molecule has 7 nitrogen and oxygen atoms in total. The van der Waals surface area contributed by atoms with Gasteiger partial charge in [-0.25, -0.2) is 0 Å². The van der Waals surface area contributed by atoms with Gasteiger partial charge >= 0.3 is 0 Å². The molecular formula is C22H16ClN3O4. The smallest absolute Gasteiger partial charge is 0.254 e. The van der Waals surface area contributed by atoms with E-state index in [1.165, 1.54) is 6.08 Å². The van der Waals surface area contributed by atoms with Crippen molar-refractivity contribution in [3.8, 4) is 17.2 Å². The highest BCUT2D eigenvalue weighted by atomic mass is 35.5. The molecule has 2 aromatic heterocycles. The summed E-state index contributed by atoms with van der Waals surface area (Å²) >= 11 is 5.88. The number of hydrogen-bond acceptors (Lipinski definition) is 6. The first-order valence-electron chi connectivity index (χ1n) is 8.99. The Hall–Kier alpha value is -3.84. The highest BCUT2D eigenvalue weighted by Crippen LogP contribution is 2.21. The van der Waals surface area contributed by atoms with Gasteiger partial charge in [0.1, 0.15) is 11.5 Å². The Kier molecular flexibility index (Phi) is 5.91. The summed E-state index contributed by atoms with van der Waals surface area (Å²) in [6.07, 6.45) is 4.54.